The van der Waals surface area contributed by atoms with Crippen LogP contribution in [0, 0.1) is 42.9 Å². The summed E-state index contributed by atoms with van der Waals surface area (Å²) in [6.45, 7) is 8.81. The van der Waals surface area contributed by atoms with Crippen molar-refractivity contribution in [3.8, 4) is 23.6 Å². The molecule has 2 fully saturated rings. The van der Waals surface area contributed by atoms with Crippen LogP contribution in [0.5, 0.6) is 0 Å². The molecule has 0 amide bonds. The monoisotopic (exact) mass is 511 g/mol. The molecule has 1 aromatic heterocycles. The van der Waals surface area contributed by atoms with E-state index in [0.29, 0.717) is 16.5 Å². The van der Waals surface area contributed by atoms with Gasteiger partial charge in [0.05, 0.1) is 22.0 Å². The summed E-state index contributed by atoms with van der Waals surface area (Å²) in [4.78, 5) is 2.69. The number of aryl methyl sites for hydroxylation is 1. The normalized spacial score (nSPS) is 17.2. The number of nitriles is 1. The minimum Gasteiger partial charge on any atom is -0.317 e. The van der Waals surface area contributed by atoms with E-state index in [0.717, 1.165) is 48.2 Å². The van der Waals surface area contributed by atoms with E-state index in [1.165, 1.54) is 49.9 Å². The van der Waals surface area contributed by atoms with Gasteiger partial charge in [-0.05, 0) is 102 Å². The number of halogens is 1. The number of nitrogens with zero attached hydrogens (tertiary/aromatic N) is 4. The molecule has 0 radical (unpaired) electrons. The summed E-state index contributed by atoms with van der Waals surface area (Å²) < 4.78 is 1.91. The average Bonchev–Trinajstić information content (AvgIpc) is 3.22. The lowest BCUT2D eigenvalue weighted by Crippen LogP contribution is -2.46. The summed E-state index contributed by atoms with van der Waals surface area (Å²) in [5.41, 5.74) is 6.95. The molecule has 190 valence electrons. The molecule has 3 heterocycles. The first kappa shape index (κ1) is 25.6. The van der Waals surface area contributed by atoms with Crippen molar-refractivity contribution in [3.63, 3.8) is 0 Å². The van der Waals surface area contributed by atoms with Gasteiger partial charge in [-0.3, -0.25) is 0 Å². The third-order valence-electron chi connectivity index (χ3n) is 7.87. The van der Waals surface area contributed by atoms with Gasteiger partial charge in [0.15, 0.2) is 0 Å². The molecule has 5 nitrogen and oxygen atoms in total. The van der Waals surface area contributed by atoms with E-state index < -0.39 is 0 Å². The highest BCUT2D eigenvalue weighted by atomic mass is 35.5. The maximum atomic E-state index is 9.15. The Bertz CT molecular complexity index is 1340. The second-order valence-corrected chi connectivity index (χ2v) is 10.7. The van der Waals surface area contributed by atoms with Crippen LogP contribution in [0.1, 0.15) is 59.3 Å². The van der Waals surface area contributed by atoms with Crippen molar-refractivity contribution < 1.29 is 0 Å². The van der Waals surface area contributed by atoms with Crippen molar-refractivity contribution >= 4 is 11.6 Å². The van der Waals surface area contributed by atoms with Gasteiger partial charge in [0.1, 0.15) is 6.07 Å². The number of piperidine rings is 2. The smallest absolute Gasteiger partial charge is 0.101 e. The van der Waals surface area contributed by atoms with E-state index in [1.807, 2.05) is 17.7 Å². The summed E-state index contributed by atoms with van der Waals surface area (Å²) in [5, 5.41) is 17.8. The van der Waals surface area contributed by atoms with Crippen LogP contribution in [0.3, 0.4) is 0 Å². The molecule has 3 aromatic rings. The van der Waals surface area contributed by atoms with Crippen LogP contribution >= 0.6 is 11.6 Å². The molecule has 0 aliphatic carbocycles. The Labute approximate surface area is 225 Å². The van der Waals surface area contributed by atoms with Crippen molar-refractivity contribution in [2.75, 3.05) is 26.2 Å². The number of nitrogens with one attached hydrogen (secondary N) is 1. The lowest BCUT2D eigenvalue weighted by atomic mass is 9.94. The largest absolute Gasteiger partial charge is 0.317 e. The van der Waals surface area contributed by atoms with Gasteiger partial charge in [0.2, 0.25) is 0 Å². The molecule has 37 heavy (non-hydrogen) atoms. The van der Waals surface area contributed by atoms with Crippen molar-refractivity contribution in [2.24, 2.45) is 5.92 Å². The zero-order valence-corrected chi connectivity index (χ0v) is 22.5. The summed E-state index contributed by atoms with van der Waals surface area (Å²) in [7, 11) is 0. The van der Waals surface area contributed by atoms with Crippen molar-refractivity contribution in [1.29, 1.82) is 5.26 Å². The molecule has 6 heteroatoms. The molecule has 2 aliphatic heterocycles. The van der Waals surface area contributed by atoms with Crippen LogP contribution in [0.4, 0.5) is 0 Å². The minimum atomic E-state index is 0.443. The van der Waals surface area contributed by atoms with E-state index in [9.17, 15) is 0 Å². The van der Waals surface area contributed by atoms with Gasteiger partial charge >= 0.3 is 0 Å². The van der Waals surface area contributed by atoms with E-state index in [4.69, 9.17) is 22.0 Å². The highest BCUT2D eigenvalue weighted by Gasteiger charge is 2.25. The number of aromatic nitrogens is 2. The van der Waals surface area contributed by atoms with Crippen molar-refractivity contribution in [3.05, 3.63) is 81.1 Å². The van der Waals surface area contributed by atoms with Gasteiger partial charge < -0.3 is 10.2 Å². The Kier molecular flexibility index (Phi) is 7.96. The zero-order chi connectivity index (χ0) is 25.8. The van der Waals surface area contributed by atoms with Gasteiger partial charge in [-0.25, -0.2) is 4.68 Å². The summed E-state index contributed by atoms with van der Waals surface area (Å²) in [6.07, 6.45) is 5.74. The molecule has 1 N–H and O–H groups in total. The zero-order valence-electron chi connectivity index (χ0n) is 21.7. The maximum absolute atomic E-state index is 9.15. The predicted molar refractivity (Wildman–Crippen MR) is 149 cm³/mol. The van der Waals surface area contributed by atoms with Gasteiger partial charge in [0, 0.05) is 35.2 Å². The predicted octanol–water partition coefficient (Wildman–Crippen LogP) is 5.42. The van der Waals surface area contributed by atoms with E-state index in [-0.39, 0.29) is 0 Å². The molecule has 2 aliphatic rings. The van der Waals surface area contributed by atoms with Crippen LogP contribution < -0.4 is 5.32 Å². The minimum absolute atomic E-state index is 0.443. The van der Waals surface area contributed by atoms with Crippen LogP contribution in [0.25, 0.3) is 5.69 Å². The number of rotatable bonds is 4. The molecular weight excluding hydrogens is 478 g/mol. The van der Waals surface area contributed by atoms with Gasteiger partial charge in [-0.2, -0.15) is 10.4 Å². The Balaban J connectivity index is 1.21. The van der Waals surface area contributed by atoms with Crippen LogP contribution in [-0.2, 0) is 6.42 Å². The van der Waals surface area contributed by atoms with Crippen LogP contribution in [0.2, 0.25) is 5.02 Å². The first-order chi connectivity index (χ1) is 18.0. The Hall–Kier alpha value is -3.09. The van der Waals surface area contributed by atoms with E-state index in [2.05, 4.69) is 59.3 Å². The Morgan fingerprint density at radius 1 is 1.03 bits per heavy atom. The molecule has 0 atom stereocenters. The summed E-state index contributed by atoms with van der Waals surface area (Å²) >= 11 is 6.26. The summed E-state index contributed by atoms with van der Waals surface area (Å²) in [6, 6.07) is 16.9. The van der Waals surface area contributed by atoms with Crippen molar-refractivity contribution in [2.45, 2.75) is 52.0 Å². The third kappa shape index (κ3) is 5.91. The lowest BCUT2D eigenvalue weighted by molar-refractivity contribution is 0.123. The van der Waals surface area contributed by atoms with Gasteiger partial charge in [0.25, 0.3) is 0 Å². The number of hydrogen-bond acceptors (Lipinski definition) is 4. The molecule has 5 rings (SSSR count). The standard InChI is InChI=1S/C31H34ClN5/c1-22-30(23(2)37(35-22)29-10-9-27(21-33)31(32)20-29)19-26-7-5-24(6-8-26)3-4-25-13-17-36(18-14-25)28-11-15-34-16-12-28/h5-10,20,25,28,34H,11-19H2,1-2H3. The quantitative estimate of drug-likeness (QED) is 0.475. The van der Waals surface area contributed by atoms with E-state index >= 15 is 0 Å². The molecule has 0 bridgehead atoms. The number of benzene rings is 2. The average molecular weight is 512 g/mol. The third-order valence-corrected chi connectivity index (χ3v) is 8.18. The second-order valence-electron chi connectivity index (χ2n) is 10.3. The number of likely N-dealkylation sites (tertiary alicyclic amines) is 1. The number of hydrogen-bond donors (Lipinski definition) is 1. The first-order valence-electron chi connectivity index (χ1n) is 13.3. The Morgan fingerprint density at radius 3 is 2.43 bits per heavy atom. The van der Waals surface area contributed by atoms with Crippen LogP contribution in [-0.4, -0.2) is 46.9 Å². The molecule has 0 saturated carbocycles. The van der Waals surface area contributed by atoms with Crippen molar-refractivity contribution in [1.82, 2.24) is 20.0 Å². The topological polar surface area (TPSA) is 56.9 Å². The highest BCUT2D eigenvalue weighted by molar-refractivity contribution is 6.31. The fourth-order valence-electron chi connectivity index (χ4n) is 5.58. The van der Waals surface area contributed by atoms with Gasteiger partial charge in [-0.15, -0.1) is 0 Å². The molecule has 2 saturated heterocycles. The second kappa shape index (κ2) is 11.5. The SMILES string of the molecule is Cc1nn(-c2ccc(C#N)c(Cl)c2)c(C)c1Cc1ccc(C#CC2CCN(C3CCNCC3)CC2)cc1. The lowest BCUT2D eigenvalue weighted by Gasteiger charge is -2.38. The maximum Gasteiger partial charge on any atom is 0.101 e. The first-order valence-corrected chi connectivity index (χ1v) is 13.7. The Morgan fingerprint density at radius 2 is 1.76 bits per heavy atom. The fraction of sp³-hybridized carbons (Fsp3) is 0.419. The van der Waals surface area contributed by atoms with Crippen LogP contribution in [0.15, 0.2) is 42.5 Å². The molecule has 2 aromatic carbocycles. The molecule has 0 spiro atoms. The summed E-state index contributed by atoms with van der Waals surface area (Å²) in [5.74, 6) is 7.49. The molecular formula is C31H34ClN5. The molecule has 0 unspecified atom stereocenters. The van der Waals surface area contributed by atoms with Gasteiger partial charge in [-0.1, -0.05) is 35.6 Å². The fourth-order valence-corrected chi connectivity index (χ4v) is 5.80. The van der Waals surface area contributed by atoms with E-state index in [1.54, 1.807) is 12.1 Å². The highest BCUT2D eigenvalue weighted by Crippen LogP contribution is 2.25.